The lowest BCUT2D eigenvalue weighted by molar-refractivity contribution is -0.119. The predicted octanol–water partition coefficient (Wildman–Crippen LogP) is 2.23. The largest absolute Gasteiger partial charge is 0.398 e. The van der Waals surface area contributed by atoms with Crippen LogP contribution in [-0.2, 0) is 11.2 Å². The van der Waals surface area contributed by atoms with Crippen LogP contribution in [-0.4, -0.2) is 22.8 Å². The van der Waals surface area contributed by atoms with E-state index < -0.39 is 17.9 Å². The van der Waals surface area contributed by atoms with Gasteiger partial charge in [-0.1, -0.05) is 29.8 Å². The first kappa shape index (κ1) is 16.9. The Morgan fingerprint density at radius 2 is 1.92 bits per heavy atom. The average molecular weight is 357 g/mol. The van der Waals surface area contributed by atoms with Gasteiger partial charge in [-0.2, -0.15) is 0 Å². The molecule has 0 spiro atoms. The van der Waals surface area contributed by atoms with Gasteiger partial charge < -0.3 is 21.8 Å². The average Bonchev–Trinajstić information content (AvgIpc) is 2.99. The molecule has 3 rings (SSSR count). The summed E-state index contributed by atoms with van der Waals surface area (Å²) in [6.45, 7) is 0. The number of carbonyl (C=O) groups excluding carboxylic acids is 2. The maximum Gasteiger partial charge on any atom is 0.251 e. The zero-order valence-corrected chi connectivity index (χ0v) is 14.0. The molecule has 1 atom stereocenters. The molecule has 0 saturated heterocycles. The topological polar surface area (TPSA) is 114 Å². The van der Waals surface area contributed by atoms with Crippen LogP contribution in [0.2, 0.25) is 5.02 Å². The molecule has 2 aromatic carbocycles. The quantitative estimate of drug-likeness (QED) is 0.525. The number of nitrogen functional groups attached to an aromatic ring is 1. The molecule has 7 heteroatoms. The number of benzene rings is 2. The molecule has 1 heterocycles. The van der Waals surface area contributed by atoms with Gasteiger partial charge in [0, 0.05) is 23.2 Å². The van der Waals surface area contributed by atoms with Crippen molar-refractivity contribution < 1.29 is 9.59 Å². The van der Waals surface area contributed by atoms with Gasteiger partial charge in [0.2, 0.25) is 5.91 Å². The van der Waals surface area contributed by atoms with Crippen molar-refractivity contribution in [1.29, 1.82) is 0 Å². The summed E-state index contributed by atoms with van der Waals surface area (Å²) in [5, 5.41) is 3.94. The maximum absolute atomic E-state index is 12.4. The van der Waals surface area contributed by atoms with Gasteiger partial charge in [0.1, 0.15) is 6.04 Å². The van der Waals surface area contributed by atoms with Crippen molar-refractivity contribution in [2.45, 2.75) is 12.5 Å². The number of hydrogen-bond donors (Lipinski definition) is 4. The van der Waals surface area contributed by atoms with Gasteiger partial charge >= 0.3 is 0 Å². The molecule has 25 heavy (non-hydrogen) atoms. The first-order valence-electron chi connectivity index (χ1n) is 7.66. The molecule has 0 bridgehead atoms. The molecule has 0 aliphatic carbocycles. The zero-order chi connectivity index (χ0) is 18.0. The number of H-pyrrole nitrogens is 1. The van der Waals surface area contributed by atoms with Crippen LogP contribution in [0, 0.1) is 0 Å². The second kappa shape index (κ2) is 6.86. The summed E-state index contributed by atoms with van der Waals surface area (Å²) in [4.78, 5) is 27.3. The Balaban J connectivity index is 1.77. The third-order valence-electron chi connectivity index (χ3n) is 3.92. The monoisotopic (exact) mass is 356 g/mol. The van der Waals surface area contributed by atoms with Gasteiger partial charge in [-0.25, -0.2) is 0 Å². The van der Waals surface area contributed by atoms with Gasteiger partial charge in [-0.3, -0.25) is 9.59 Å². The fraction of sp³-hybridized carbons (Fsp3) is 0.111. The molecule has 3 aromatic rings. The Morgan fingerprint density at radius 1 is 1.16 bits per heavy atom. The van der Waals surface area contributed by atoms with Crippen molar-refractivity contribution in [2.75, 3.05) is 5.73 Å². The fourth-order valence-corrected chi connectivity index (χ4v) is 2.78. The molecule has 0 saturated carbocycles. The smallest absolute Gasteiger partial charge is 0.251 e. The molecular formula is C18H17ClN4O2. The third kappa shape index (κ3) is 3.75. The van der Waals surface area contributed by atoms with E-state index in [0.717, 1.165) is 16.6 Å². The number of halogens is 1. The molecule has 128 valence electrons. The standard InChI is InChI=1S/C18H17ClN4O2/c19-13-8-11(5-6-14(13)20)18(25)23-16(17(21)24)9-12-7-10-3-1-2-4-15(10)22-12/h1-8,16,22H,9,20H2,(H2,21,24)(H,23,25)/t16-/m1/s1. The number of hydrogen-bond acceptors (Lipinski definition) is 3. The first-order chi connectivity index (χ1) is 11.9. The van der Waals surface area contributed by atoms with Gasteiger partial charge in [0.15, 0.2) is 0 Å². The van der Waals surface area contributed by atoms with Crippen molar-refractivity contribution in [1.82, 2.24) is 10.3 Å². The Bertz CT molecular complexity index is 918. The number of amides is 2. The Kier molecular flexibility index (Phi) is 4.63. The van der Waals surface area contributed by atoms with Crippen LogP contribution in [0.3, 0.4) is 0 Å². The highest BCUT2D eigenvalue weighted by Crippen LogP contribution is 2.20. The predicted molar refractivity (Wildman–Crippen MR) is 98.3 cm³/mol. The molecule has 6 nitrogen and oxygen atoms in total. The second-order valence-corrected chi connectivity index (χ2v) is 6.16. The van der Waals surface area contributed by atoms with E-state index in [1.54, 1.807) is 0 Å². The second-order valence-electron chi connectivity index (χ2n) is 5.75. The number of nitrogens with one attached hydrogen (secondary N) is 2. The number of anilines is 1. The van der Waals surface area contributed by atoms with Crippen LogP contribution in [0.5, 0.6) is 0 Å². The van der Waals surface area contributed by atoms with Crippen LogP contribution in [0.25, 0.3) is 10.9 Å². The highest BCUT2D eigenvalue weighted by atomic mass is 35.5. The van der Waals surface area contributed by atoms with Gasteiger partial charge in [-0.05, 0) is 35.7 Å². The van der Waals surface area contributed by atoms with Crippen molar-refractivity contribution in [3.63, 3.8) is 0 Å². The highest BCUT2D eigenvalue weighted by molar-refractivity contribution is 6.33. The van der Waals surface area contributed by atoms with Crippen LogP contribution in [0.15, 0.2) is 48.5 Å². The number of carbonyl (C=O) groups is 2. The van der Waals surface area contributed by atoms with E-state index in [1.807, 2.05) is 30.3 Å². The number of primary amides is 1. The minimum Gasteiger partial charge on any atom is -0.398 e. The lowest BCUT2D eigenvalue weighted by Crippen LogP contribution is -2.45. The van der Waals surface area contributed by atoms with E-state index in [2.05, 4.69) is 10.3 Å². The first-order valence-corrected chi connectivity index (χ1v) is 8.03. The van der Waals surface area contributed by atoms with Crippen LogP contribution < -0.4 is 16.8 Å². The molecule has 1 aromatic heterocycles. The number of aromatic amines is 1. The normalized spacial score (nSPS) is 12.0. The molecule has 0 radical (unpaired) electrons. The summed E-state index contributed by atoms with van der Waals surface area (Å²) in [5.74, 6) is -1.06. The number of nitrogens with two attached hydrogens (primary N) is 2. The van der Waals surface area contributed by atoms with Crippen molar-refractivity contribution >= 4 is 40.0 Å². The molecule has 2 amide bonds. The van der Waals surface area contributed by atoms with E-state index in [0.29, 0.717) is 11.3 Å². The lowest BCUT2D eigenvalue weighted by atomic mass is 10.1. The van der Waals surface area contributed by atoms with Crippen LogP contribution in [0.1, 0.15) is 16.1 Å². The zero-order valence-electron chi connectivity index (χ0n) is 13.3. The lowest BCUT2D eigenvalue weighted by Gasteiger charge is -2.15. The van der Waals surface area contributed by atoms with E-state index >= 15 is 0 Å². The number of fused-ring (bicyclic) bond motifs is 1. The molecule has 6 N–H and O–H groups in total. The van der Waals surface area contributed by atoms with E-state index in [-0.39, 0.29) is 11.4 Å². The molecule has 0 fully saturated rings. The third-order valence-corrected chi connectivity index (χ3v) is 4.25. The number of rotatable bonds is 5. The minimum atomic E-state index is -0.850. The summed E-state index contributed by atoms with van der Waals surface area (Å²) < 4.78 is 0. The molecular weight excluding hydrogens is 340 g/mol. The number of aromatic nitrogens is 1. The number of para-hydroxylation sites is 1. The van der Waals surface area contributed by atoms with Crippen LogP contribution >= 0.6 is 11.6 Å². The fourth-order valence-electron chi connectivity index (χ4n) is 2.60. The Labute approximate surface area is 149 Å². The van der Waals surface area contributed by atoms with Gasteiger partial charge in [0.25, 0.3) is 5.91 Å². The summed E-state index contributed by atoms with van der Waals surface area (Å²) in [6.07, 6.45) is 0.262. The van der Waals surface area contributed by atoms with Crippen LogP contribution in [0.4, 0.5) is 5.69 Å². The summed E-state index contributed by atoms with van der Waals surface area (Å²) >= 11 is 5.93. The van der Waals surface area contributed by atoms with E-state index in [4.69, 9.17) is 23.1 Å². The van der Waals surface area contributed by atoms with Gasteiger partial charge in [0.05, 0.1) is 10.7 Å². The molecule has 0 aliphatic rings. The summed E-state index contributed by atoms with van der Waals surface area (Å²) in [6, 6.07) is 13.4. The minimum absolute atomic E-state index is 0.262. The maximum atomic E-state index is 12.4. The Hall–Kier alpha value is -2.99. The van der Waals surface area contributed by atoms with Gasteiger partial charge in [-0.15, -0.1) is 0 Å². The van der Waals surface area contributed by atoms with E-state index in [1.165, 1.54) is 18.2 Å². The van der Waals surface area contributed by atoms with Crippen molar-refractivity contribution in [3.05, 3.63) is 64.8 Å². The molecule has 0 aliphatic heterocycles. The summed E-state index contributed by atoms with van der Waals surface area (Å²) in [7, 11) is 0. The molecule has 0 unspecified atom stereocenters. The Morgan fingerprint density at radius 3 is 2.60 bits per heavy atom. The SMILES string of the molecule is NC(=O)[C@@H](Cc1cc2ccccc2[nH]1)NC(=O)c1ccc(N)c(Cl)c1. The van der Waals surface area contributed by atoms with Crippen molar-refractivity contribution in [2.24, 2.45) is 5.73 Å². The van der Waals surface area contributed by atoms with E-state index in [9.17, 15) is 9.59 Å². The highest BCUT2D eigenvalue weighted by Gasteiger charge is 2.20. The van der Waals surface area contributed by atoms with Crippen molar-refractivity contribution in [3.8, 4) is 0 Å². The summed E-state index contributed by atoms with van der Waals surface area (Å²) in [5.41, 5.74) is 13.5.